The van der Waals surface area contributed by atoms with Crippen molar-refractivity contribution >= 4 is 64.5 Å². The molecule has 0 saturated heterocycles. The number of hydrogen-bond acceptors (Lipinski definition) is 8. The topological polar surface area (TPSA) is 137 Å². The van der Waals surface area contributed by atoms with E-state index in [4.69, 9.17) is 9.15 Å². The van der Waals surface area contributed by atoms with Crippen LogP contribution in [0.1, 0.15) is 44.4 Å². The van der Waals surface area contributed by atoms with Crippen LogP contribution in [-0.2, 0) is 26.7 Å². The van der Waals surface area contributed by atoms with Crippen LogP contribution >= 0.6 is 0 Å². The smallest absolute Gasteiger partial charge is 0.748 e. The van der Waals surface area contributed by atoms with E-state index in [0.717, 1.165) is 38.1 Å². The van der Waals surface area contributed by atoms with Gasteiger partial charge in [-0.15, -0.1) is 0 Å². The molecular weight excluding hydrogens is 650 g/mol. The van der Waals surface area contributed by atoms with Gasteiger partial charge in [0.1, 0.15) is 11.3 Å². The van der Waals surface area contributed by atoms with Crippen LogP contribution in [0.15, 0.2) is 94.7 Å². The third-order valence-corrected chi connectivity index (χ3v) is 10.3. The Kier molecular flexibility index (Phi) is 10.6. The third kappa shape index (κ3) is 7.78. The summed E-state index contributed by atoms with van der Waals surface area (Å²) in [6.45, 7) is 3.29. The summed E-state index contributed by atoms with van der Waals surface area (Å²) in [5, 5.41) is 3.62. The number of fused-ring (bicyclic) bond motifs is 5. The molecule has 1 unspecified atom stereocenters. The SMILES string of the molecule is CCC(/C=C1\Oc2ccc3ccccc3c2N1CC(C)S(=O)(=O)[O-])=C\c1oc2cc3ccccc3cc2c1CCCCS(=O)(=O)O.[Na+]. The van der Waals surface area contributed by atoms with Crippen LogP contribution in [0.25, 0.3) is 38.6 Å². The van der Waals surface area contributed by atoms with E-state index in [1.54, 1.807) is 4.90 Å². The number of allylic oxidation sites excluding steroid dienone is 2. The minimum atomic E-state index is -4.57. The van der Waals surface area contributed by atoms with E-state index in [1.165, 1.54) is 6.92 Å². The van der Waals surface area contributed by atoms with Crippen molar-refractivity contribution in [3.63, 3.8) is 0 Å². The maximum absolute atomic E-state index is 12.0. The average Bonchev–Trinajstić information content (AvgIpc) is 3.53. The predicted octanol–water partition coefficient (Wildman–Crippen LogP) is 4.42. The van der Waals surface area contributed by atoms with Crippen molar-refractivity contribution in [3.8, 4) is 5.75 Å². The van der Waals surface area contributed by atoms with Crippen LogP contribution in [0.3, 0.4) is 0 Å². The first-order chi connectivity index (χ1) is 21.9. The Labute approximate surface area is 296 Å². The Bertz CT molecular complexity index is 2240. The van der Waals surface area contributed by atoms with Crippen LogP contribution in [0.4, 0.5) is 5.69 Å². The van der Waals surface area contributed by atoms with Gasteiger partial charge in [-0.25, -0.2) is 8.42 Å². The normalized spacial score (nSPS) is 15.3. The first-order valence-corrected chi connectivity index (χ1v) is 18.2. The molecule has 2 heterocycles. The molecule has 1 aliphatic rings. The second kappa shape index (κ2) is 14.1. The molecule has 0 fully saturated rings. The number of nitrogens with zero attached hydrogens (tertiary/aromatic N) is 1. The number of furan rings is 1. The van der Waals surface area contributed by atoms with Crippen LogP contribution in [-0.4, -0.2) is 43.5 Å². The van der Waals surface area contributed by atoms with Crippen LogP contribution in [0, 0.1) is 0 Å². The summed E-state index contributed by atoms with van der Waals surface area (Å²) in [5.74, 6) is 1.26. The van der Waals surface area contributed by atoms with Gasteiger partial charge in [-0.2, -0.15) is 8.42 Å². The van der Waals surface area contributed by atoms with Gasteiger partial charge < -0.3 is 18.6 Å². The number of aryl methyl sites for hydroxylation is 1. The molecule has 1 N–H and O–H groups in total. The summed E-state index contributed by atoms with van der Waals surface area (Å²) in [6.07, 6.45) is 5.68. The van der Waals surface area contributed by atoms with Crippen molar-refractivity contribution in [1.29, 1.82) is 0 Å². The minimum Gasteiger partial charge on any atom is -0.748 e. The largest absolute Gasteiger partial charge is 1.00 e. The maximum atomic E-state index is 12.0. The molecular formula is C35H34NNaO8S2. The summed E-state index contributed by atoms with van der Waals surface area (Å²) < 4.78 is 80.5. The molecule has 1 atom stereocenters. The van der Waals surface area contributed by atoms with Crippen LogP contribution in [0.2, 0.25) is 0 Å². The van der Waals surface area contributed by atoms with Crippen molar-refractivity contribution < 1.29 is 64.7 Å². The zero-order valence-electron chi connectivity index (χ0n) is 26.5. The van der Waals surface area contributed by atoms with Gasteiger partial charge in [0, 0.05) is 29.0 Å². The van der Waals surface area contributed by atoms with E-state index in [1.807, 2.05) is 85.8 Å². The fourth-order valence-electron chi connectivity index (χ4n) is 5.90. The van der Waals surface area contributed by atoms with E-state index < -0.39 is 25.5 Å². The van der Waals surface area contributed by atoms with Crippen LogP contribution in [0.5, 0.6) is 5.75 Å². The van der Waals surface area contributed by atoms with E-state index >= 15 is 0 Å². The number of hydrogen-bond donors (Lipinski definition) is 1. The average molecular weight is 684 g/mol. The Hall–Kier alpha value is -3.16. The minimum absolute atomic E-state index is 0. The Balaban J connectivity index is 0.00000433. The summed E-state index contributed by atoms with van der Waals surface area (Å²) in [4.78, 5) is 1.75. The molecule has 5 aromatic rings. The second-order valence-corrected chi connectivity index (χ2v) is 15.0. The molecule has 0 radical (unpaired) electrons. The molecule has 0 aliphatic carbocycles. The fraction of sp³-hybridized carbons (Fsp3) is 0.257. The third-order valence-electron chi connectivity index (χ3n) is 8.35. The standard InChI is InChI=1S/C35H35NO8S2.Na/c1-3-24(19-34-36(22-23(2)46(40,41)42)35-28-13-7-6-10-25(28)15-16-31(35)44-34)18-32-29(14-8-9-17-45(37,38)39)30-20-26-11-4-5-12-27(26)21-33(30)43-32;/h4-7,10-13,15-16,18-21,23H,3,8-9,14,17,22H2,1-2H3,(H,37,38,39)(H,40,41,42);/q;+1/p-1/b24-18+,34-19-;. The van der Waals surface area contributed by atoms with Gasteiger partial charge in [0.15, 0.2) is 5.75 Å². The molecule has 0 saturated carbocycles. The monoisotopic (exact) mass is 683 g/mol. The second-order valence-electron chi connectivity index (χ2n) is 11.6. The van der Waals surface area contributed by atoms with Crippen molar-refractivity contribution in [1.82, 2.24) is 0 Å². The Morgan fingerprint density at radius 1 is 0.936 bits per heavy atom. The zero-order chi connectivity index (χ0) is 32.6. The zero-order valence-corrected chi connectivity index (χ0v) is 30.1. The van der Waals surface area contributed by atoms with E-state index in [9.17, 15) is 25.9 Å². The maximum Gasteiger partial charge on any atom is 1.00 e. The fourth-order valence-corrected chi connectivity index (χ4v) is 6.80. The first-order valence-electron chi connectivity index (χ1n) is 15.1. The van der Waals surface area contributed by atoms with Gasteiger partial charge in [0.05, 0.1) is 26.8 Å². The molecule has 47 heavy (non-hydrogen) atoms. The molecule has 1 aliphatic heterocycles. The molecule has 0 spiro atoms. The summed E-state index contributed by atoms with van der Waals surface area (Å²) in [7, 11) is -8.63. The molecule has 1 aromatic heterocycles. The van der Waals surface area contributed by atoms with E-state index in [0.29, 0.717) is 54.3 Å². The molecule has 12 heteroatoms. The van der Waals surface area contributed by atoms with Gasteiger partial charge in [-0.05, 0) is 78.6 Å². The van der Waals surface area contributed by atoms with Gasteiger partial charge in [0.2, 0.25) is 5.88 Å². The van der Waals surface area contributed by atoms with Gasteiger partial charge in [0.25, 0.3) is 10.1 Å². The predicted molar refractivity (Wildman–Crippen MR) is 181 cm³/mol. The van der Waals surface area contributed by atoms with Crippen molar-refractivity contribution in [2.75, 3.05) is 17.2 Å². The Morgan fingerprint density at radius 3 is 2.30 bits per heavy atom. The Morgan fingerprint density at radius 2 is 1.62 bits per heavy atom. The van der Waals surface area contributed by atoms with Gasteiger partial charge >= 0.3 is 29.6 Å². The quantitative estimate of drug-likeness (QED) is 0.122. The van der Waals surface area contributed by atoms with Crippen molar-refractivity contribution in [2.24, 2.45) is 0 Å². The molecule has 0 amide bonds. The molecule has 0 bridgehead atoms. The van der Waals surface area contributed by atoms with E-state index in [-0.39, 0.29) is 41.9 Å². The summed E-state index contributed by atoms with van der Waals surface area (Å²) in [5.41, 5.74) is 3.15. The number of anilines is 1. The molecule has 240 valence electrons. The molecule has 9 nitrogen and oxygen atoms in total. The number of ether oxygens (including phenoxy) is 1. The molecule has 6 rings (SSSR count). The first kappa shape index (κ1) is 35.2. The van der Waals surface area contributed by atoms with Crippen molar-refractivity contribution in [2.45, 2.75) is 44.8 Å². The number of rotatable bonds is 11. The number of unbranched alkanes of at least 4 members (excludes halogenated alkanes) is 1. The van der Waals surface area contributed by atoms with Crippen LogP contribution < -0.4 is 39.2 Å². The summed E-state index contributed by atoms with van der Waals surface area (Å²) in [6, 6.07) is 23.5. The number of benzene rings is 4. The van der Waals surface area contributed by atoms with Gasteiger partial charge in [-0.1, -0.05) is 61.5 Å². The molecule has 4 aromatic carbocycles. The summed E-state index contributed by atoms with van der Waals surface area (Å²) >= 11 is 0. The van der Waals surface area contributed by atoms with Gasteiger partial charge in [-0.3, -0.25) is 4.55 Å². The van der Waals surface area contributed by atoms with E-state index in [2.05, 4.69) is 6.07 Å². The van der Waals surface area contributed by atoms with Crippen molar-refractivity contribution in [3.05, 3.63) is 102 Å².